The van der Waals surface area contributed by atoms with Crippen molar-refractivity contribution in [1.82, 2.24) is 4.90 Å². The number of halogens is 3. The lowest BCUT2D eigenvalue weighted by molar-refractivity contribution is -0.271. The summed E-state index contributed by atoms with van der Waals surface area (Å²) in [6.45, 7) is 4.98. The fourth-order valence-corrected chi connectivity index (χ4v) is 3.56. The molecule has 2 heterocycles. The van der Waals surface area contributed by atoms with E-state index in [0.717, 1.165) is 16.7 Å². The fourth-order valence-electron chi connectivity index (χ4n) is 2.39. The summed E-state index contributed by atoms with van der Waals surface area (Å²) in [6.07, 6.45) is -14.5. The van der Waals surface area contributed by atoms with Gasteiger partial charge < -0.3 is 24.8 Å². The van der Waals surface area contributed by atoms with Gasteiger partial charge >= 0.3 is 12.3 Å². The Morgan fingerprint density at radius 3 is 2.38 bits per heavy atom. The van der Waals surface area contributed by atoms with Crippen LogP contribution in [0.3, 0.4) is 0 Å². The predicted octanol–water partition coefficient (Wildman–Crippen LogP) is 0.695. The first kappa shape index (κ1) is 21.2. The van der Waals surface area contributed by atoms with Crippen LogP contribution in [0.15, 0.2) is 4.99 Å². The monoisotopic (exact) mass is 402 g/mol. The van der Waals surface area contributed by atoms with Crippen LogP contribution in [0.4, 0.5) is 18.0 Å². The molecule has 1 amide bonds. The van der Waals surface area contributed by atoms with Crippen molar-refractivity contribution in [3.05, 3.63) is 0 Å². The molecule has 8 nitrogen and oxygen atoms in total. The third kappa shape index (κ3) is 4.42. The topological polar surface area (TPSA) is 112 Å². The minimum Gasteiger partial charge on any atom is -0.443 e. The molecule has 0 aromatic rings. The van der Waals surface area contributed by atoms with E-state index in [1.807, 2.05) is 0 Å². The van der Waals surface area contributed by atoms with Gasteiger partial charge in [0.05, 0.1) is 0 Å². The van der Waals surface area contributed by atoms with E-state index in [1.54, 1.807) is 20.8 Å². The third-order valence-corrected chi connectivity index (χ3v) is 4.90. The molecule has 3 N–H and O–H groups in total. The maximum atomic E-state index is 12.7. The van der Waals surface area contributed by atoms with Crippen LogP contribution in [-0.2, 0) is 9.47 Å². The molecule has 0 aromatic carbocycles. The highest BCUT2D eigenvalue weighted by Crippen LogP contribution is 2.40. The lowest BCUT2D eigenvalue weighted by atomic mass is 9.94. The van der Waals surface area contributed by atoms with Gasteiger partial charge in [0.1, 0.15) is 35.4 Å². The van der Waals surface area contributed by atoms with Gasteiger partial charge in [-0.3, -0.25) is 9.89 Å². The Morgan fingerprint density at radius 2 is 1.88 bits per heavy atom. The number of alkyl halides is 3. The van der Waals surface area contributed by atoms with E-state index in [0.29, 0.717) is 0 Å². The minimum atomic E-state index is -5.03. The number of carbonyl (C=O) groups excluding carboxylic acids is 1. The molecule has 0 radical (unpaired) electrons. The summed E-state index contributed by atoms with van der Waals surface area (Å²) in [6, 6.07) is -1.09. The zero-order chi connectivity index (χ0) is 20.0. The second-order valence-corrected chi connectivity index (χ2v) is 8.06. The molecule has 12 heteroatoms. The number of fused-ring (bicyclic) bond motifs is 1. The summed E-state index contributed by atoms with van der Waals surface area (Å²) >= 11 is 0.798. The van der Waals surface area contributed by atoms with E-state index < -0.39 is 53.8 Å². The average Bonchev–Trinajstić information content (AvgIpc) is 2.90. The average molecular weight is 402 g/mol. The number of carbonyl (C=O) groups is 1. The van der Waals surface area contributed by atoms with Gasteiger partial charge in [0, 0.05) is 7.05 Å². The van der Waals surface area contributed by atoms with Crippen LogP contribution in [0.25, 0.3) is 0 Å². The van der Waals surface area contributed by atoms with Crippen LogP contribution in [0.1, 0.15) is 20.8 Å². The molecule has 2 aliphatic heterocycles. The third-order valence-electron chi connectivity index (χ3n) is 3.69. The van der Waals surface area contributed by atoms with Crippen LogP contribution in [0.5, 0.6) is 0 Å². The van der Waals surface area contributed by atoms with Gasteiger partial charge in [0.15, 0.2) is 11.3 Å². The number of aliphatic hydroxyl groups is 3. The van der Waals surface area contributed by atoms with Crippen molar-refractivity contribution in [3.63, 3.8) is 0 Å². The highest BCUT2D eigenvalue weighted by molar-refractivity contribution is 8.14. The van der Waals surface area contributed by atoms with Crippen LogP contribution >= 0.6 is 11.8 Å². The number of hydrogen-bond donors (Lipinski definition) is 3. The number of amides is 1. The smallest absolute Gasteiger partial charge is 0.417 e. The maximum Gasteiger partial charge on any atom is 0.417 e. The Balaban J connectivity index is 2.13. The van der Waals surface area contributed by atoms with Crippen LogP contribution < -0.4 is 0 Å². The minimum absolute atomic E-state index is 0.0580. The van der Waals surface area contributed by atoms with Crippen molar-refractivity contribution in [2.75, 3.05) is 7.05 Å². The Hall–Kier alpha value is -1.08. The van der Waals surface area contributed by atoms with Crippen molar-refractivity contribution in [1.29, 1.82) is 0 Å². The molecule has 1 fully saturated rings. The summed E-state index contributed by atoms with van der Waals surface area (Å²) < 4.78 is 48.5. The second kappa shape index (κ2) is 7.15. The van der Waals surface area contributed by atoms with Gasteiger partial charge in [-0.15, -0.1) is 0 Å². The normalized spacial score (nSPS) is 33.3. The number of aliphatic hydroxyl groups excluding tert-OH is 3. The SMILES string of the molecule is CN(C(=O)OC(C)(C)C)C1=NC2C(OC(C(O)C(F)(F)F)C(O)C2O)S1. The number of thioether (sulfide) groups is 1. The van der Waals surface area contributed by atoms with Gasteiger partial charge in [-0.05, 0) is 20.8 Å². The van der Waals surface area contributed by atoms with Gasteiger partial charge in [-0.25, -0.2) is 4.79 Å². The van der Waals surface area contributed by atoms with Gasteiger partial charge in [0.25, 0.3) is 0 Å². The largest absolute Gasteiger partial charge is 0.443 e. The molecule has 150 valence electrons. The lowest BCUT2D eigenvalue weighted by Gasteiger charge is -2.40. The van der Waals surface area contributed by atoms with E-state index in [9.17, 15) is 33.3 Å². The molecule has 0 spiro atoms. The maximum absolute atomic E-state index is 12.7. The molecule has 0 saturated carbocycles. The quantitative estimate of drug-likeness (QED) is 0.592. The summed E-state index contributed by atoms with van der Waals surface area (Å²) in [5.41, 5.74) is -1.87. The fraction of sp³-hybridized carbons (Fsp3) is 0.857. The summed E-state index contributed by atoms with van der Waals surface area (Å²) in [5.74, 6) is 0. The summed E-state index contributed by atoms with van der Waals surface area (Å²) in [7, 11) is 1.35. The van der Waals surface area contributed by atoms with E-state index in [2.05, 4.69) is 4.99 Å². The second-order valence-electron chi connectivity index (χ2n) is 7.00. The Kier molecular flexibility index (Phi) is 5.84. The van der Waals surface area contributed by atoms with Crippen molar-refractivity contribution in [3.8, 4) is 0 Å². The van der Waals surface area contributed by atoms with Crippen molar-refractivity contribution >= 4 is 23.0 Å². The molecule has 2 aliphatic rings. The molecule has 0 aromatic heterocycles. The molecule has 0 bridgehead atoms. The first-order valence-corrected chi connectivity index (χ1v) is 8.58. The van der Waals surface area contributed by atoms with Crippen LogP contribution in [-0.4, -0.2) is 86.2 Å². The molecule has 26 heavy (non-hydrogen) atoms. The van der Waals surface area contributed by atoms with E-state index in [-0.39, 0.29) is 5.17 Å². The first-order chi connectivity index (χ1) is 11.7. The highest BCUT2D eigenvalue weighted by Gasteiger charge is 2.56. The number of aliphatic imine (C=N–C) groups is 1. The molecule has 6 unspecified atom stereocenters. The molecule has 1 saturated heterocycles. The van der Waals surface area contributed by atoms with E-state index >= 15 is 0 Å². The van der Waals surface area contributed by atoms with Gasteiger partial charge in [-0.2, -0.15) is 13.2 Å². The van der Waals surface area contributed by atoms with Gasteiger partial charge in [0.2, 0.25) is 0 Å². The Bertz CT molecular complexity index is 582. The number of rotatable bonds is 1. The zero-order valence-corrected chi connectivity index (χ0v) is 15.3. The highest BCUT2D eigenvalue weighted by atomic mass is 32.2. The van der Waals surface area contributed by atoms with Crippen LogP contribution in [0.2, 0.25) is 0 Å². The lowest BCUT2D eigenvalue weighted by Crippen LogP contribution is -2.60. The molecule has 6 atom stereocenters. The Morgan fingerprint density at radius 1 is 1.31 bits per heavy atom. The van der Waals surface area contributed by atoms with Crippen LogP contribution in [0, 0.1) is 0 Å². The summed E-state index contributed by atoms with van der Waals surface area (Å²) in [4.78, 5) is 17.2. The van der Waals surface area contributed by atoms with E-state index in [4.69, 9.17) is 9.47 Å². The number of ether oxygens (including phenoxy) is 2. The van der Waals surface area contributed by atoms with Crippen molar-refractivity contribution in [2.24, 2.45) is 4.99 Å². The van der Waals surface area contributed by atoms with Crippen molar-refractivity contribution < 1.29 is 42.8 Å². The van der Waals surface area contributed by atoms with Gasteiger partial charge in [-0.1, -0.05) is 11.8 Å². The Labute approximate surface area is 152 Å². The van der Waals surface area contributed by atoms with E-state index in [1.165, 1.54) is 7.05 Å². The molecular weight excluding hydrogens is 381 g/mol. The molecular formula is C14H21F3N2O6S. The first-order valence-electron chi connectivity index (χ1n) is 7.70. The zero-order valence-electron chi connectivity index (χ0n) is 14.5. The number of nitrogens with zero attached hydrogens (tertiary/aromatic N) is 2. The predicted molar refractivity (Wildman–Crippen MR) is 85.5 cm³/mol. The summed E-state index contributed by atoms with van der Waals surface area (Å²) in [5, 5.41) is 29.4. The number of hydrogen-bond acceptors (Lipinski definition) is 8. The molecule has 0 aliphatic carbocycles. The molecule has 2 rings (SSSR count). The standard InChI is InChI=1S/C14H21F3N2O6S/c1-13(2,3)25-12(23)19(4)11-18-5-6(20)7(21)8(24-10(5)26-11)9(22)14(15,16)17/h5-10,20-22H,1-4H3. The van der Waals surface area contributed by atoms with Crippen molar-refractivity contribution in [2.45, 2.75) is 68.4 Å². The number of amidine groups is 1.